The summed E-state index contributed by atoms with van der Waals surface area (Å²) in [6.45, 7) is 3.77. The molecular weight excluding hydrogens is 232 g/mol. The quantitative estimate of drug-likeness (QED) is 0.821. The van der Waals surface area contributed by atoms with Crippen molar-refractivity contribution in [2.75, 3.05) is 6.54 Å². The molecule has 2 N–H and O–H groups in total. The Kier molecular flexibility index (Phi) is 4.30. The maximum absolute atomic E-state index is 10.6. The van der Waals surface area contributed by atoms with Crippen LogP contribution in [0.4, 0.5) is 0 Å². The van der Waals surface area contributed by atoms with Gasteiger partial charge >= 0.3 is 5.97 Å². The summed E-state index contributed by atoms with van der Waals surface area (Å²) >= 11 is 0. The highest BCUT2D eigenvalue weighted by atomic mass is 16.4. The molecule has 1 heterocycles. The normalized spacial score (nSPS) is 24.1. The van der Waals surface area contributed by atoms with E-state index in [4.69, 9.17) is 5.11 Å². The van der Waals surface area contributed by atoms with Crippen LogP contribution in [0.2, 0.25) is 0 Å². The molecule has 100 valence electrons. The Balaban J connectivity index is 1.70. The topological polar surface area (TPSA) is 80.0 Å². The molecule has 0 spiro atoms. The summed E-state index contributed by atoms with van der Waals surface area (Å²) in [5.74, 6) is -0.174. The maximum Gasteiger partial charge on any atom is 0.358 e. The highest BCUT2D eigenvalue weighted by Gasteiger charge is 2.17. The third-order valence-corrected chi connectivity index (χ3v) is 3.55. The van der Waals surface area contributed by atoms with Gasteiger partial charge in [-0.15, -0.1) is 5.10 Å². The Morgan fingerprint density at radius 1 is 1.50 bits per heavy atom. The van der Waals surface area contributed by atoms with Gasteiger partial charge < -0.3 is 10.4 Å². The van der Waals surface area contributed by atoms with Crippen molar-refractivity contribution in [1.29, 1.82) is 0 Å². The van der Waals surface area contributed by atoms with Crippen LogP contribution in [0.5, 0.6) is 0 Å². The molecular formula is C12H20N4O2. The fourth-order valence-electron chi connectivity index (χ4n) is 2.35. The zero-order valence-corrected chi connectivity index (χ0v) is 10.7. The first kappa shape index (κ1) is 13.0. The molecule has 1 saturated carbocycles. The van der Waals surface area contributed by atoms with E-state index in [1.54, 1.807) is 4.68 Å². The first-order valence-corrected chi connectivity index (χ1v) is 6.52. The van der Waals surface area contributed by atoms with Gasteiger partial charge in [0.15, 0.2) is 5.69 Å². The van der Waals surface area contributed by atoms with Gasteiger partial charge in [0, 0.05) is 12.6 Å². The number of aromatic carboxylic acids is 1. The van der Waals surface area contributed by atoms with Crippen molar-refractivity contribution in [1.82, 2.24) is 20.3 Å². The van der Waals surface area contributed by atoms with E-state index in [9.17, 15) is 4.79 Å². The molecule has 0 saturated heterocycles. The largest absolute Gasteiger partial charge is 0.476 e. The number of nitrogens with zero attached hydrogens (tertiary/aromatic N) is 3. The van der Waals surface area contributed by atoms with Gasteiger partial charge in [0.1, 0.15) is 0 Å². The van der Waals surface area contributed by atoms with Crippen LogP contribution in [0.3, 0.4) is 0 Å². The van der Waals surface area contributed by atoms with Crippen molar-refractivity contribution in [2.24, 2.45) is 5.92 Å². The molecule has 1 aliphatic rings. The Morgan fingerprint density at radius 3 is 2.83 bits per heavy atom. The minimum Gasteiger partial charge on any atom is -0.476 e. The van der Waals surface area contributed by atoms with Crippen molar-refractivity contribution in [3.05, 3.63) is 11.9 Å². The van der Waals surface area contributed by atoms with Crippen molar-refractivity contribution in [3.8, 4) is 0 Å². The second kappa shape index (κ2) is 5.95. The van der Waals surface area contributed by atoms with Crippen LogP contribution < -0.4 is 5.32 Å². The lowest BCUT2D eigenvalue weighted by Crippen LogP contribution is -2.34. The van der Waals surface area contributed by atoms with Gasteiger partial charge in [-0.05, 0) is 31.6 Å². The van der Waals surface area contributed by atoms with Crippen molar-refractivity contribution < 1.29 is 9.90 Å². The predicted octanol–water partition coefficient (Wildman–Crippen LogP) is 1.14. The third-order valence-electron chi connectivity index (χ3n) is 3.55. The average molecular weight is 252 g/mol. The van der Waals surface area contributed by atoms with Gasteiger partial charge in [-0.3, -0.25) is 4.68 Å². The van der Waals surface area contributed by atoms with Gasteiger partial charge in [0.2, 0.25) is 0 Å². The summed E-state index contributed by atoms with van der Waals surface area (Å²) < 4.78 is 1.57. The number of nitrogens with one attached hydrogen (secondary N) is 1. The van der Waals surface area contributed by atoms with Gasteiger partial charge in [-0.2, -0.15) is 0 Å². The molecule has 1 aromatic heterocycles. The Hall–Kier alpha value is -1.43. The maximum atomic E-state index is 10.6. The van der Waals surface area contributed by atoms with E-state index in [1.807, 2.05) is 0 Å². The molecule has 0 bridgehead atoms. The van der Waals surface area contributed by atoms with Crippen LogP contribution in [0.25, 0.3) is 0 Å². The lowest BCUT2D eigenvalue weighted by Gasteiger charge is -2.26. The number of aromatic nitrogens is 3. The number of carboxylic acids is 1. The van der Waals surface area contributed by atoms with Crippen LogP contribution in [-0.4, -0.2) is 38.7 Å². The molecule has 0 radical (unpaired) electrons. The van der Waals surface area contributed by atoms with Gasteiger partial charge in [-0.1, -0.05) is 12.1 Å². The number of hydrogen-bond acceptors (Lipinski definition) is 4. The van der Waals surface area contributed by atoms with Gasteiger partial charge in [0.05, 0.1) is 12.7 Å². The SMILES string of the molecule is CC1CCC(NCCn2cc(C(=O)O)nn2)CC1. The van der Waals surface area contributed by atoms with E-state index < -0.39 is 5.97 Å². The second-order valence-electron chi connectivity index (χ2n) is 5.08. The summed E-state index contributed by atoms with van der Waals surface area (Å²) in [5, 5.41) is 19.6. The average Bonchev–Trinajstić information content (AvgIpc) is 2.81. The van der Waals surface area contributed by atoms with E-state index in [0.717, 1.165) is 12.5 Å². The van der Waals surface area contributed by atoms with Crippen molar-refractivity contribution in [3.63, 3.8) is 0 Å². The highest BCUT2D eigenvalue weighted by Crippen LogP contribution is 2.23. The number of hydrogen-bond donors (Lipinski definition) is 2. The standard InChI is InChI=1S/C12H20N4O2/c1-9-2-4-10(5-3-9)13-6-7-16-8-11(12(17)18)14-15-16/h8-10,13H,2-7H2,1H3,(H,17,18). The van der Waals surface area contributed by atoms with Crippen LogP contribution in [-0.2, 0) is 6.54 Å². The van der Waals surface area contributed by atoms with Crippen LogP contribution in [0, 0.1) is 5.92 Å². The van der Waals surface area contributed by atoms with Gasteiger partial charge in [-0.25, -0.2) is 4.79 Å². The van der Waals surface area contributed by atoms with E-state index in [0.29, 0.717) is 12.6 Å². The second-order valence-corrected chi connectivity index (χ2v) is 5.08. The minimum absolute atomic E-state index is 0.00138. The van der Waals surface area contributed by atoms with Crippen molar-refractivity contribution in [2.45, 2.75) is 45.2 Å². The molecule has 1 aromatic rings. The van der Waals surface area contributed by atoms with E-state index in [2.05, 4.69) is 22.6 Å². The predicted molar refractivity (Wildman–Crippen MR) is 66.4 cm³/mol. The summed E-state index contributed by atoms with van der Waals surface area (Å²) in [7, 11) is 0. The minimum atomic E-state index is -1.03. The molecule has 1 aliphatic carbocycles. The summed E-state index contributed by atoms with van der Waals surface area (Å²) in [5.41, 5.74) is 0.00138. The monoisotopic (exact) mass is 252 g/mol. The van der Waals surface area contributed by atoms with E-state index >= 15 is 0 Å². The van der Waals surface area contributed by atoms with E-state index in [1.165, 1.54) is 31.9 Å². The first-order chi connectivity index (χ1) is 8.65. The molecule has 2 rings (SSSR count). The fraction of sp³-hybridized carbons (Fsp3) is 0.750. The zero-order chi connectivity index (χ0) is 13.0. The lowest BCUT2D eigenvalue weighted by molar-refractivity contribution is 0.0690. The zero-order valence-electron chi connectivity index (χ0n) is 10.7. The molecule has 0 unspecified atom stereocenters. The van der Waals surface area contributed by atoms with Gasteiger partial charge in [0.25, 0.3) is 0 Å². The first-order valence-electron chi connectivity index (χ1n) is 6.52. The van der Waals surface area contributed by atoms with Crippen LogP contribution in [0.15, 0.2) is 6.20 Å². The lowest BCUT2D eigenvalue weighted by atomic mass is 9.87. The Bertz CT molecular complexity index is 397. The van der Waals surface area contributed by atoms with Crippen LogP contribution >= 0.6 is 0 Å². The molecule has 6 nitrogen and oxygen atoms in total. The number of carbonyl (C=O) groups is 1. The summed E-state index contributed by atoms with van der Waals surface area (Å²) in [6.07, 6.45) is 6.53. The number of carboxylic acid groups (broad SMARTS) is 1. The molecule has 18 heavy (non-hydrogen) atoms. The molecule has 0 atom stereocenters. The fourth-order valence-corrected chi connectivity index (χ4v) is 2.35. The molecule has 6 heteroatoms. The Labute approximate surface area is 106 Å². The molecule has 0 aromatic carbocycles. The smallest absolute Gasteiger partial charge is 0.358 e. The van der Waals surface area contributed by atoms with Crippen molar-refractivity contribution >= 4 is 5.97 Å². The number of rotatable bonds is 5. The molecule has 1 fully saturated rings. The summed E-state index contributed by atoms with van der Waals surface area (Å²) in [6, 6.07) is 0.601. The molecule has 0 aliphatic heterocycles. The van der Waals surface area contributed by atoms with Crippen LogP contribution in [0.1, 0.15) is 43.1 Å². The molecule has 0 amide bonds. The Morgan fingerprint density at radius 2 is 2.22 bits per heavy atom. The highest BCUT2D eigenvalue weighted by molar-refractivity contribution is 5.84. The third kappa shape index (κ3) is 3.53. The van der Waals surface area contributed by atoms with E-state index in [-0.39, 0.29) is 5.69 Å². The summed E-state index contributed by atoms with van der Waals surface area (Å²) in [4.78, 5) is 10.6.